The molecule has 1 aliphatic heterocycles. The van der Waals surface area contributed by atoms with E-state index >= 15 is 0 Å². The SMILES string of the molecule is Cc1ccc(-n2cnc3c(=O)n4c(nc32)CCCC4)cc1. The van der Waals surface area contributed by atoms with Crippen LogP contribution >= 0.6 is 0 Å². The van der Waals surface area contributed by atoms with Crippen LogP contribution in [0, 0.1) is 6.92 Å². The van der Waals surface area contributed by atoms with Gasteiger partial charge in [0.2, 0.25) is 0 Å². The van der Waals surface area contributed by atoms with Crippen molar-refractivity contribution < 1.29 is 0 Å². The van der Waals surface area contributed by atoms with Gasteiger partial charge < -0.3 is 0 Å². The number of hydrogen-bond donors (Lipinski definition) is 0. The Bertz CT molecular complexity index is 874. The lowest BCUT2D eigenvalue weighted by Gasteiger charge is -2.16. The molecule has 3 heterocycles. The topological polar surface area (TPSA) is 52.7 Å². The van der Waals surface area contributed by atoms with Crippen LogP contribution in [0.3, 0.4) is 0 Å². The van der Waals surface area contributed by atoms with E-state index in [9.17, 15) is 4.79 Å². The first-order chi connectivity index (χ1) is 10.2. The summed E-state index contributed by atoms with van der Waals surface area (Å²) in [6.45, 7) is 2.81. The van der Waals surface area contributed by atoms with Gasteiger partial charge in [-0.3, -0.25) is 13.9 Å². The zero-order chi connectivity index (χ0) is 14.4. The van der Waals surface area contributed by atoms with E-state index in [-0.39, 0.29) is 5.56 Å². The van der Waals surface area contributed by atoms with E-state index in [0.717, 1.165) is 37.3 Å². The molecule has 106 valence electrons. The second-order valence-electron chi connectivity index (χ2n) is 5.56. The molecule has 0 unspecified atom stereocenters. The number of aryl methyl sites for hydroxylation is 2. The zero-order valence-electron chi connectivity index (χ0n) is 11.9. The van der Waals surface area contributed by atoms with Crippen molar-refractivity contribution in [3.05, 3.63) is 52.3 Å². The van der Waals surface area contributed by atoms with Crippen molar-refractivity contribution in [1.82, 2.24) is 19.1 Å². The van der Waals surface area contributed by atoms with E-state index in [0.29, 0.717) is 11.2 Å². The molecule has 5 nitrogen and oxygen atoms in total. The molecule has 2 aromatic heterocycles. The van der Waals surface area contributed by atoms with Gasteiger partial charge in [0.25, 0.3) is 5.56 Å². The van der Waals surface area contributed by atoms with Gasteiger partial charge in [-0.2, -0.15) is 0 Å². The lowest BCUT2D eigenvalue weighted by Crippen LogP contribution is -2.28. The van der Waals surface area contributed by atoms with Gasteiger partial charge in [0.05, 0.1) is 0 Å². The lowest BCUT2D eigenvalue weighted by atomic mass is 10.1. The van der Waals surface area contributed by atoms with Crippen molar-refractivity contribution in [3.63, 3.8) is 0 Å². The first kappa shape index (κ1) is 12.3. The number of benzene rings is 1. The number of hydrogen-bond acceptors (Lipinski definition) is 3. The molecule has 0 amide bonds. The summed E-state index contributed by atoms with van der Waals surface area (Å²) >= 11 is 0. The minimum absolute atomic E-state index is 0.0134. The third-order valence-corrected chi connectivity index (χ3v) is 4.08. The molecule has 0 fully saturated rings. The van der Waals surface area contributed by atoms with Crippen molar-refractivity contribution in [2.45, 2.75) is 32.7 Å². The second-order valence-corrected chi connectivity index (χ2v) is 5.56. The average Bonchev–Trinajstić information content (AvgIpc) is 2.92. The Hall–Kier alpha value is -2.43. The maximum atomic E-state index is 12.5. The summed E-state index contributed by atoms with van der Waals surface area (Å²) in [4.78, 5) is 21.5. The summed E-state index contributed by atoms with van der Waals surface area (Å²) in [6, 6.07) is 8.14. The van der Waals surface area contributed by atoms with E-state index in [2.05, 4.69) is 11.9 Å². The molecule has 0 N–H and O–H groups in total. The van der Waals surface area contributed by atoms with Gasteiger partial charge in [0.1, 0.15) is 12.2 Å². The Morgan fingerprint density at radius 1 is 1.14 bits per heavy atom. The number of imidazole rings is 1. The zero-order valence-corrected chi connectivity index (χ0v) is 11.9. The standard InChI is InChI=1S/C16H16N4O/c1-11-5-7-12(8-6-11)20-10-17-14-15(20)18-13-4-2-3-9-19(13)16(14)21/h5-8,10H,2-4,9H2,1H3. The van der Waals surface area contributed by atoms with Crippen LogP contribution in [0.25, 0.3) is 16.9 Å². The Morgan fingerprint density at radius 3 is 2.76 bits per heavy atom. The molecule has 1 aliphatic rings. The van der Waals surface area contributed by atoms with E-state index in [1.165, 1.54) is 5.56 Å². The minimum Gasteiger partial charge on any atom is -0.295 e. The highest BCUT2D eigenvalue weighted by Crippen LogP contribution is 2.18. The molecule has 5 heteroatoms. The Labute approximate surface area is 121 Å². The molecule has 1 aromatic carbocycles. The molecule has 0 aliphatic carbocycles. The summed E-state index contributed by atoms with van der Waals surface area (Å²) < 4.78 is 3.67. The van der Waals surface area contributed by atoms with E-state index in [4.69, 9.17) is 4.98 Å². The predicted octanol–water partition coefficient (Wildman–Crippen LogP) is 2.23. The largest absolute Gasteiger partial charge is 0.295 e. The monoisotopic (exact) mass is 280 g/mol. The lowest BCUT2D eigenvalue weighted by molar-refractivity contribution is 0.500. The van der Waals surface area contributed by atoms with Crippen LogP contribution in [0.1, 0.15) is 24.2 Å². The first-order valence-corrected chi connectivity index (χ1v) is 7.28. The molecule has 0 radical (unpaired) electrons. The van der Waals surface area contributed by atoms with Crippen molar-refractivity contribution in [2.24, 2.45) is 0 Å². The molecule has 0 atom stereocenters. The molecule has 3 aromatic rings. The highest BCUT2D eigenvalue weighted by atomic mass is 16.1. The van der Waals surface area contributed by atoms with Crippen molar-refractivity contribution in [1.29, 1.82) is 0 Å². The molecular weight excluding hydrogens is 264 g/mol. The molecule has 0 spiro atoms. The Balaban J connectivity index is 1.98. The normalized spacial score (nSPS) is 14.3. The molecule has 4 rings (SSSR count). The van der Waals surface area contributed by atoms with Gasteiger partial charge in [-0.25, -0.2) is 9.97 Å². The van der Waals surface area contributed by atoms with Crippen LogP contribution in [0.5, 0.6) is 0 Å². The average molecular weight is 280 g/mol. The Kier molecular flexibility index (Phi) is 2.67. The maximum Gasteiger partial charge on any atom is 0.281 e. The van der Waals surface area contributed by atoms with Crippen LogP contribution in [-0.4, -0.2) is 19.1 Å². The number of nitrogens with zero attached hydrogens (tertiary/aromatic N) is 4. The third-order valence-electron chi connectivity index (χ3n) is 4.08. The van der Waals surface area contributed by atoms with Crippen LogP contribution in [0.15, 0.2) is 35.4 Å². The van der Waals surface area contributed by atoms with Crippen molar-refractivity contribution in [3.8, 4) is 5.69 Å². The fraction of sp³-hybridized carbons (Fsp3) is 0.312. The number of aromatic nitrogens is 4. The highest BCUT2D eigenvalue weighted by molar-refractivity contribution is 5.72. The minimum atomic E-state index is -0.0134. The quantitative estimate of drug-likeness (QED) is 0.687. The van der Waals surface area contributed by atoms with E-state index in [1.54, 1.807) is 10.9 Å². The number of fused-ring (bicyclic) bond motifs is 2. The van der Waals surface area contributed by atoms with Gasteiger partial charge in [0, 0.05) is 18.7 Å². The van der Waals surface area contributed by atoms with Gasteiger partial charge in [-0.15, -0.1) is 0 Å². The van der Waals surface area contributed by atoms with Crippen LogP contribution in [-0.2, 0) is 13.0 Å². The van der Waals surface area contributed by atoms with Gasteiger partial charge >= 0.3 is 0 Å². The van der Waals surface area contributed by atoms with E-state index < -0.39 is 0 Å². The molecule has 0 saturated heterocycles. The van der Waals surface area contributed by atoms with Gasteiger partial charge in [-0.1, -0.05) is 17.7 Å². The molecule has 0 saturated carbocycles. The summed E-state index contributed by atoms with van der Waals surface area (Å²) in [7, 11) is 0. The summed E-state index contributed by atoms with van der Waals surface area (Å²) in [6.07, 6.45) is 4.69. The Morgan fingerprint density at radius 2 is 1.95 bits per heavy atom. The second kappa shape index (κ2) is 4.55. The van der Waals surface area contributed by atoms with Gasteiger partial charge in [0.15, 0.2) is 11.2 Å². The van der Waals surface area contributed by atoms with Crippen molar-refractivity contribution >= 4 is 11.2 Å². The fourth-order valence-corrected chi connectivity index (χ4v) is 2.90. The summed E-state index contributed by atoms with van der Waals surface area (Å²) in [5.41, 5.74) is 3.29. The predicted molar refractivity (Wildman–Crippen MR) is 80.8 cm³/mol. The van der Waals surface area contributed by atoms with Crippen LogP contribution < -0.4 is 5.56 Å². The van der Waals surface area contributed by atoms with E-state index in [1.807, 2.05) is 28.8 Å². The smallest absolute Gasteiger partial charge is 0.281 e. The summed E-state index contributed by atoms with van der Waals surface area (Å²) in [5, 5.41) is 0. The maximum absolute atomic E-state index is 12.5. The first-order valence-electron chi connectivity index (χ1n) is 7.28. The highest BCUT2D eigenvalue weighted by Gasteiger charge is 2.18. The molecule has 0 bridgehead atoms. The van der Waals surface area contributed by atoms with Crippen LogP contribution in [0.2, 0.25) is 0 Å². The third kappa shape index (κ3) is 1.88. The molecular formula is C16H16N4O. The number of rotatable bonds is 1. The van der Waals surface area contributed by atoms with Gasteiger partial charge in [-0.05, 0) is 31.9 Å². The fourth-order valence-electron chi connectivity index (χ4n) is 2.90. The molecule has 21 heavy (non-hydrogen) atoms. The van der Waals surface area contributed by atoms with Crippen molar-refractivity contribution in [2.75, 3.05) is 0 Å². The summed E-state index contributed by atoms with van der Waals surface area (Å²) in [5.74, 6) is 0.882. The van der Waals surface area contributed by atoms with Crippen LogP contribution in [0.4, 0.5) is 0 Å².